The van der Waals surface area contributed by atoms with E-state index in [9.17, 15) is 9.59 Å². The third-order valence-corrected chi connectivity index (χ3v) is 5.22. The lowest BCUT2D eigenvalue weighted by atomic mass is 10.1. The molecule has 0 saturated heterocycles. The van der Waals surface area contributed by atoms with E-state index in [4.69, 9.17) is 0 Å². The molecule has 3 rings (SSSR count). The Kier molecular flexibility index (Phi) is 5.40. The minimum atomic E-state index is -0.216. The number of hydrogen-bond donors (Lipinski definition) is 1. The summed E-state index contributed by atoms with van der Waals surface area (Å²) in [6.45, 7) is 7.25. The Morgan fingerprint density at radius 1 is 1.04 bits per heavy atom. The summed E-state index contributed by atoms with van der Waals surface area (Å²) in [5.41, 5.74) is 4.17. The molecule has 0 aromatic heterocycles. The molecule has 2 unspecified atom stereocenters. The molecular weight excluding hydrogens is 324 g/mol. The van der Waals surface area contributed by atoms with Crippen molar-refractivity contribution in [1.29, 1.82) is 0 Å². The molecule has 0 aliphatic heterocycles. The molecule has 1 aliphatic carbocycles. The first-order valence-electron chi connectivity index (χ1n) is 9.21. The maximum atomic E-state index is 12.8. The highest BCUT2D eigenvalue weighted by Gasteiger charge is 2.49. The van der Waals surface area contributed by atoms with Crippen LogP contribution in [0, 0.1) is 25.7 Å². The van der Waals surface area contributed by atoms with Gasteiger partial charge in [-0.15, -0.1) is 0 Å². The number of carbonyl (C=O) groups excluding carboxylic acids is 2. The van der Waals surface area contributed by atoms with Crippen molar-refractivity contribution in [2.45, 2.75) is 33.7 Å². The number of nitrogens with one attached hydrogen (secondary N) is 1. The number of anilines is 1. The van der Waals surface area contributed by atoms with Crippen molar-refractivity contribution in [3.8, 4) is 0 Å². The van der Waals surface area contributed by atoms with E-state index in [0.29, 0.717) is 19.5 Å². The van der Waals surface area contributed by atoms with Gasteiger partial charge < -0.3 is 10.2 Å². The van der Waals surface area contributed by atoms with Gasteiger partial charge in [0.25, 0.3) is 0 Å². The van der Waals surface area contributed by atoms with Gasteiger partial charge >= 0.3 is 0 Å². The maximum absolute atomic E-state index is 12.8. The molecule has 4 nitrogen and oxygen atoms in total. The SMILES string of the molecule is CCN(Cc1ccccc1)C(=O)C1CC1C(=O)Nc1cccc(C)c1C. The average Bonchev–Trinajstić information content (AvgIpc) is 3.45. The van der Waals surface area contributed by atoms with Crippen LogP contribution in [0.15, 0.2) is 48.5 Å². The molecule has 2 amide bonds. The van der Waals surface area contributed by atoms with Gasteiger partial charge in [0.1, 0.15) is 0 Å². The smallest absolute Gasteiger partial charge is 0.228 e. The van der Waals surface area contributed by atoms with Crippen LogP contribution in [0.5, 0.6) is 0 Å². The zero-order valence-electron chi connectivity index (χ0n) is 15.7. The monoisotopic (exact) mass is 350 g/mol. The number of aryl methyl sites for hydroxylation is 1. The second kappa shape index (κ2) is 7.73. The van der Waals surface area contributed by atoms with Crippen LogP contribution in [-0.2, 0) is 16.1 Å². The summed E-state index contributed by atoms with van der Waals surface area (Å²) in [5.74, 6) is -0.374. The van der Waals surface area contributed by atoms with Crippen LogP contribution in [0.2, 0.25) is 0 Å². The summed E-state index contributed by atoms with van der Waals surface area (Å²) in [7, 11) is 0. The van der Waals surface area contributed by atoms with Crippen LogP contribution in [-0.4, -0.2) is 23.3 Å². The average molecular weight is 350 g/mol. The molecule has 2 aromatic carbocycles. The molecule has 2 aromatic rings. The highest BCUT2D eigenvalue weighted by Crippen LogP contribution is 2.41. The molecule has 1 N–H and O–H groups in total. The molecule has 4 heteroatoms. The molecular formula is C22H26N2O2. The second-order valence-corrected chi connectivity index (χ2v) is 7.02. The fraction of sp³-hybridized carbons (Fsp3) is 0.364. The van der Waals surface area contributed by atoms with Gasteiger partial charge in [0.05, 0.1) is 11.8 Å². The van der Waals surface area contributed by atoms with Crippen LogP contribution in [0.3, 0.4) is 0 Å². The van der Waals surface area contributed by atoms with Gasteiger partial charge in [-0.3, -0.25) is 9.59 Å². The van der Waals surface area contributed by atoms with Gasteiger partial charge in [-0.2, -0.15) is 0 Å². The van der Waals surface area contributed by atoms with Gasteiger partial charge in [0, 0.05) is 18.8 Å². The molecule has 0 spiro atoms. The van der Waals surface area contributed by atoms with Gasteiger partial charge in [0.2, 0.25) is 11.8 Å². The highest BCUT2D eigenvalue weighted by atomic mass is 16.2. The van der Waals surface area contributed by atoms with Crippen LogP contribution < -0.4 is 5.32 Å². The number of carbonyl (C=O) groups is 2. The summed E-state index contributed by atoms with van der Waals surface area (Å²) in [6.07, 6.45) is 0.640. The minimum Gasteiger partial charge on any atom is -0.338 e. The number of benzene rings is 2. The third-order valence-electron chi connectivity index (χ3n) is 5.22. The number of rotatable bonds is 6. The Labute approximate surface area is 155 Å². The molecule has 1 saturated carbocycles. The molecule has 26 heavy (non-hydrogen) atoms. The van der Waals surface area contributed by atoms with Crippen molar-refractivity contribution in [1.82, 2.24) is 4.90 Å². The molecule has 0 radical (unpaired) electrons. The maximum Gasteiger partial charge on any atom is 0.228 e. The number of amides is 2. The Hall–Kier alpha value is -2.62. The first-order valence-corrected chi connectivity index (χ1v) is 9.21. The number of nitrogens with zero attached hydrogens (tertiary/aromatic N) is 1. The van der Waals surface area contributed by atoms with E-state index in [1.807, 2.05) is 74.2 Å². The quantitative estimate of drug-likeness (QED) is 0.858. The second-order valence-electron chi connectivity index (χ2n) is 7.02. The van der Waals surface area contributed by atoms with Gasteiger partial charge in [-0.05, 0) is 49.9 Å². The lowest BCUT2D eigenvalue weighted by molar-refractivity contribution is -0.134. The first-order chi connectivity index (χ1) is 12.5. The van der Waals surface area contributed by atoms with Crippen molar-refractivity contribution in [2.24, 2.45) is 11.8 Å². The third kappa shape index (κ3) is 3.96. The Morgan fingerprint density at radius 3 is 2.46 bits per heavy atom. The van der Waals surface area contributed by atoms with Crippen molar-refractivity contribution in [3.63, 3.8) is 0 Å². The van der Waals surface area contributed by atoms with E-state index in [1.54, 1.807) is 0 Å². The van der Waals surface area contributed by atoms with E-state index in [-0.39, 0.29) is 23.7 Å². The topological polar surface area (TPSA) is 49.4 Å². The molecule has 1 fully saturated rings. The summed E-state index contributed by atoms with van der Waals surface area (Å²) < 4.78 is 0. The Bertz CT molecular complexity index is 801. The van der Waals surface area contributed by atoms with Crippen molar-refractivity contribution in [3.05, 3.63) is 65.2 Å². The van der Waals surface area contributed by atoms with Gasteiger partial charge in [0.15, 0.2) is 0 Å². The molecule has 0 heterocycles. The van der Waals surface area contributed by atoms with Crippen LogP contribution in [0.25, 0.3) is 0 Å². The van der Waals surface area contributed by atoms with Crippen LogP contribution in [0.1, 0.15) is 30.0 Å². The van der Waals surface area contributed by atoms with Crippen molar-refractivity contribution < 1.29 is 9.59 Å². The fourth-order valence-corrected chi connectivity index (χ4v) is 3.25. The standard InChI is InChI=1S/C22H26N2O2/c1-4-24(14-17-10-6-5-7-11-17)22(26)19-13-18(19)21(25)23-20-12-8-9-15(2)16(20)3/h5-12,18-19H,4,13-14H2,1-3H3,(H,23,25). The lowest BCUT2D eigenvalue weighted by Gasteiger charge is -2.21. The van der Waals surface area contributed by atoms with Gasteiger partial charge in [-0.25, -0.2) is 0 Å². The van der Waals surface area contributed by atoms with Crippen LogP contribution >= 0.6 is 0 Å². The summed E-state index contributed by atoms with van der Waals surface area (Å²) in [4.78, 5) is 27.2. The van der Waals surface area contributed by atoms with E-state index < -0.39 is 0 Å². The zero-order chi connectivity index (χ0) is 18.7. The van der Waals surface area contributed by atoms with Crippen molar-refractivity contribution in [2.75, 3.05) is 11.9 Å². The Morgan fingerprint density at radius 2 is 1.77 bits per heavy atom. The minimum absolute atomic E-state index is 0.0483. The fourth-order valence-electron chi connectivity index (χ4n) is 3.25. The predicted molar refractivity (Wildman–Crippen MR) is 104 cm³/mol. The largest absolute Gasteiger partial charge is 0.338 e. The normalized spacial score (nSPS) is 18.3. The molecule has 0 bridgehead atoms. The molecule has 136 valence electrons. The highest BCUT2D eigenvalue weighted by molar-refractivity contribution is 6.00. The summed E-state index contributed by atoms with van der Waals surface area (Å²) >= 11 is 0. The zero-order valence-corrected chi connectivity index (χ0v) is 15.7. The number of hydrogen-bond acceptors (Lipinski definition) is 2. The summed E-state index contributed by atoms with van der Waals surface area (Å²) in [5, 5.41) is 2.99. The van der Waals surface area contributed by atoms with E-state index in [0.717, 1.165) is 22.4 Å². The van der Waals surface area contributed by atoms with Crippen molar-refractivity contribution >= 4 is 17.5 Å². The first kappa shape index (κ1) is 18.2. The predicted octanol–water partition coefficient (Wildman–Crippen LogP) is 3.93. The molecule has 2 atom stereocenters. The molecule has 1 aliphatic rings. The van der Waals surface area contributed by atoms with E-state index in [1.165, 1.54) is 0 Å². The van der Waals surface area contributed by atoms with Crippen LogP contribution in [0.4, 0.5) is 5.69 Å². The van der Waals surface area contributed by atoms with E-state index in [2.05, 4.69) is 5.32 Å². The van der Waals surface area contributed by atoms with E-state index >= 15 is 0 Å². The summed E-state index contributed by atoms with van der Waals surface area (Å²) in [6, 6.07) is 15.8. The Balaban J connectivity index is 1.60. The lowest BCUT2D eigenvalue weighted by Crippen LogP contribution is -2.33. The van der Waals surface area contributed by atoms with Gasteiger partial charge in [-0.1, -0.05) is 42.5 Å².